The van der Waals surface area contributed by atoms with E-state index >= 15 is 0 Å². The van der Waals surface area contributed by atoms with Crippen LogP contribution in [0.2, 0.25) is 0 Å². The molecule has 0 saturated carbocycles. The normalized spacial score (nSPS) is 22.6. The zero-order chi connectivity index (χ0) is 11.5. The first-order chi connectivity index (χ1) is 7.68. The molecule has 1 aliphatic rings. The molecule has 0 bridgehead atoms. The fraction of sp³-hybridized carbons (Fsp3) is 0.538. The van der Waals surface area contributed by atoms with Crippen LogP contribution in [0.4, 0.5) is 4.39 Å². The van der Waals surface area contributed by atoms with Gasteiger partial charge in [0.25, 0.3) is 0 Å². The van der Waals surface area contributed by atoms with Crippen LogP contribution in [0, 0.1) is 5.82 Å². The summed E-state index contributed by atoms with van der Waals surface area (Å²) < 4.78 is 12.9. The van der Waals surface area contributed by atoms with E-state index in [-0.39, 0.29) is 5.82 Å². The van der Waals surface area contributed by atoms with Gasteiger partial charge in [-0.3, -0.25) is 4.90 Å². The van der Waals surface area contributed by atoms with Crippen molar-refractivity contribution >= 4 is 11.8 Å². The highest BCUT2D eigenvalue weighted by molar-refractivity contribution is 7.99. The largest absolute Gasteiger partial charge is 0.292 e. The molecular weight excluding hydrogens is 221 g/mol. The molecule has 1 aromatic carbocycles. The van der Waals surface area contributed by atoms with Crippen molar-refractivity contribution in [2.75, 3.05) is 18.1 Å². The van der Waals surface area contributed by atoms with E-state index in [9.17, 15) is 4.39 Å². The van der Waals surface area contributed by atoms with Gasteiger partial charge in [-0.05, 0) is 31.5 Å². The highest BCUT2D eigenvalue weighted by Crippen LogP contribution is 2.30. The minimum Gasteiger partial charge on any atom is -0.292 e. The summed E-state index contributed by atoms with van der Waals surface area (Å²) in [5.41, 5.74) is 1.24. The molecule has 0 N–H and O–H groups in total. The molecule has 1 fully saturated rings. The number of hydrogen-bond acceptors (Lipinski definition) is 2. The molecule has 0 amide bonds. The van der Waals surface area contributed by atoms with Crippen molar-refractivity contribution in [3.05, 3.63) is 35.6 Å². The maximum atomic E-state index is 12.9. The Labute approximate surface area is 101 Å². The molecular formula is C13H18FNS. The van der Waals surface area contributed by atoms with Crippen LogP contribution in [-0.2, 0) is 0 Å². The van der Waals surface area contributed by atoms with Crippen LogP contribution in [-0.4, -0.2) is 29.0 Å². The molecule has 1 unspecified atom stereocenters. The van der Waals surface area contributed by atoms with Crippen molar-refractivity contribution in [1.29, 1.82) is 0 Å². The van der Waals surface area contributed by atoms with E-state index in [0.717, 1.165) is 12.3 Å². The summed E-state index contributed by atoms with van der Waals surface area (Å²) in [5, 5.41) is 0. The maximum Gasteiger partial charge on any atom is 0.123 e. The van der Waals surface area contributed by atoms with Gasteiger partial charge in [-0.15, -0.1) is 0 Å². The minimum absolute atomic E-state index is 0.150. The van der Waals surface area contributed by atoms with E-state index in [1.807, 2.05) is 23.9 Å². The topological polar surface area (TPSA) is 3.24 Å². The Hall–Kier alpha value is -0.540. The number of nitrogens with zero attached hydrogens (tertiary/aromatic N) is 1. The van der Waals surface area contributed by atoms with Gasteiger partial charge in [0.2, 0.25) is 0 Å². The second-order valence-electron chi connectivity index (χ2n) is 4.47. The van der Waals surface area contributed by atoms with Gasteiger partial charge < -0.3 is 0 Å². The van der Waals surface area contributed by atoms with Crippen LogP contribution in [0.3, 0.4) is 0 Å². The third kappa shape index (κ3) is 2.58. The van der Waals surface area contributed by atoms with Crippen molar-refractivity contribution in [3.63, 3.8) is 0 Å². The molecule has 3 heteroatoms. The average Bonchev–Trinajstić information content (AvgIpc) is 2.30. The molecule has 1 nitrogen and oxygen atoms in total. The van der Waals surface area contributed by atoms with Crippen molar-refractivity contribution in [2.24, 2.45) is 0 Å². The Morgan fingerprint density at radius 3 is 2.62 bits per heavy atom. The lowest BCUT2D eigenvalue weighted by Crippen LogP contribution is -2.40. The lowest BCUT2D eigenvalue weighted by atomic mass is 10.1. The number of halogens is 1. The first-order valence-corrected chi connectivity index (χ1v) is 6.93. The first kappa shape index (κ1) is 11.9. The standard InChI is InChI=1S/C13H18FNS/c1-10(2)15-7-8-16-9-13(15)11-3-5-12(14)6-4-11/h3-6,10,13H,7-9H2,1-2H3. The zero-order valence-electron chi connectivity index (χ0n) is 9.82. The second-order valence-corrected chi connectivity index (χ2v) is 5.62. The van der Waals surface area contributed by atoms with Gasteiger partial charge in [0.05, 0.1) is 0 Å². The van der Waals surface area contributed by atoms with Gasteiger partial charge in [-0.1, -0.05) is 12.1 Å². The highest BCUT2D eigenvalue weighted by Gasteiger charge is 2.25. The number of thioether (sulfide) groups is 1. The summed E-state index contributed by atoms with van der Waals surface area (Å²) in [5.74, 6) is 2.17. The number of rotatable bonds is 2. The monoisotopic (exact) mass is 239 g/mol. The first-order valence-electron chi connectivity index (χ1n) is 5.77. The summed E-state index contributed by atoms with van der Waals surface area (Å²) >= 11 is 1.99. The van der Waals surface area contributed by atoms with Gasteiger partial charge in [-0.2, -0.15) is 11.8 Å². The van der Waals surface area contributed by atoms with Crippen molar-refractivity contribution in [3.8, 4) is 0 Å². The third-order valence-corrected chi connectivity index (χ3v) is 4.11. The van der Waals surface area contributed by atoms with E-state index < -0.39 is 0 Å². The summed E-state index contributed by atoms with van der Waals surface area (Å²) in [4.78, 5) is 2.50. The van der Waals surface area contributed by atoms with Crippen molar-refractivity contribution in [2.45, 2.75) is 25.9 Å². The highest BCUT2D eigenvalue weighted by atomic mass is 32.2. The van der Waals surface area contributed by atoms with E-state index in [4.69, 9.17) is 0 Å². The molecule has 1 aliphatic heterocycles. The Morgan fingerprint density at radius 1 is 1.31 bits per heavy atom. The Morgan fingerprint density at radius 2 is 2.00 bits per heavy atom. The minimum atomic E-state index is -0.150. The van der Waals surface area contributed by atoms with Crippen LogP contribution in [0.15, 0.2) is 24.3 Å². The van der Waals surface area contributed by atoms with Gasteiger partial charge >= 0.3 is 0 Å². The molecule has 16 heavy (non-hydrogen) atoms. The van der Waals surface area contributed by atoms with Gasteiger partial charge in [0, 0.05) is 30.1 Å². The van der Waals surface area contributed by atoms with Crippen molar-refractivity contribution < 1.29 is 4.39 Å². The maximum absolute atomic E-state index is 12.9. The quantitative estimate of drug-likeness (QED) is 0.779. The summed E-state index contributed by atoms with van der Waals surface area (Å²) in [6, 6.07) is 7.96. The molecule has 1 saturated heterocycles. The van der Waals surface area contributed by atoms with E-state index in [1.54, 1.807) is 12.1 Å². The molecule has 2 rings (SSSR count). The fourth-order valence-electron chi connectivity index (χ4n) is 2.21. The zero-order valence-corrected chi connectivity index (χ0v) is 10.6. The van der Waals surface area contributed by atoms with E-state index in [0.29, 0.717) is 12.1 Å². The van der Waals surface area contributed by atoms with Gasteiger partial charge in [-0.25, -0.2) is 4.39 Å². The molecule has 0 aliphatic carbocycles. The van der Waals surface area contributed by atoms with Crippen LogP contribution in [0.1, 0.15) is 25.5 Å². The Balaban J connectivity index is 2.19. The molecule has 88 valence electrons. The summed E-state index contributed by atoms with van der Waals surface area (Å²) in [6.45, 7) is 5.59. The Bertz CT molecular complexity index is 336. The number of benzene rings is 1. The molecule has 1 aromatic rings. The third-order valence-electron chi connectivity index (χ3n) is 3.09. The predicted octanol–water partition coefficient (Wildman–Crippen LogP) is 3.32. The smallest absolute Gasteiger partial charge is 0.123 e. The van der Waals surface area contributed by atoms with Crippen LogP contribution < -0.4 is 0 Å². The molecule has 1 heterocycles. The second kappa shape index (κ2) is 5.19. The van der Waals surface area contributed by atoms with E-state index in [1.165, 1.54) is 11.3 Å². The summed E-state index contributed by atoms with van der Waals surface area (Å²) in [7, 11) is 0. The molecule has 1 atom stereocenters. The van der Waals surface area contributed by atoms with Gasteiger partial charge in [0.15, 0.2) is 0 Å². The van der Waals surface area contributed by atoms with Gasteiger partial charge in [0.1, 0.15) is 5.82 Å². The summed E-state index contributed by atoms with van der Waals surface area (Å²) in [6.07, 6.45) is 0. The van der Waals surface area contributed by atoms with E-state index in [2.05, 4.69) is 18.7 Å². The predicted molar refractivity (Wildman–Crippen MR) is 68.3 cm³/mol. The van der Waals surface area contributed by atoms with Crippen LogP contribution in [0.25, 0.3) is 0 Å². The lowest BCUT2D eigenvalue weighted by molar-refractivity contribution is 0.174. The molecule has 0 spiro atoms. The number of hydrogen-bond donors (Lipinski definition) is 0. The SMILES string of the molecule is CC(C)N1CCSCC1c1ccc(F)cc1. The lowest BCUT2D eigenvalue weighted by Gasteiger charge is -2.38. The fourth-order valence-corrected chi connectivity index (χ4v) is 3.32. The average molecular weight is 239 g/mol. The molecule has 0 aromatic heterocycles. The van der Waals surface area contributed by atoms with Crippen LogP contribution >= 0.6 is 11.8 Å². The Kier molecular flexibility index (Phi) is 3.87. The molecule has 0 radical (unpaired) electrons. The van der Waals surface area contributed by atoms with Crippen molar-refractivity contribution in [1.82, 2.24) is 4.90 Å². The van der Waals surface area contributed by atoms with Crippen LogP contribution in [0.5, 0.6) is 0 Å².